The summed E-state index contributed by atoms with van der Waals surface area (Å²) < 4.78 is 54.9. The average molecular weight is 755 g/mol. The zero-order chi connectivity index (χ0) is 37.3. The molecule has 3 fully saturated rings. The van der Waals surface area contributed by atoms with Gasteiger partial charge < -0.3 is 20.6 Å². The summed E-state index contributed by atoms with van der Waals surface area (Å²) in [6, 6.07) is 13.8. The van der Waals surface area contributed by atoms with E-state index in [0.29, 0.717) is 44.1 Å². The van der Waals surface area contributed by atoms with Gasteiger partial charge in [-0.25, -0.2) is 21.6 Å². The Balaban J connectivity index is 1.43. The minimum atomic E-state index is -4.06. The van der Waals surface area contributed by atoms with Crippen molar-refractivity contribution in [2.24, 2.45) is 5.92 Å². The van der Waals surface area contributed by atoms with Crippen molar-refractivity contribution in [2.75, 3.05) is 12.3 Å². The number of amides is 4. The number of fused-ring (bicyclic) bond motifs is 2. The molecule has 2 heterocycles. The smallest absolute Gasteiger partial charge is 0.405 e. The second-order valence-electron chi connectivity index (χ2n) is 14.5. The number of carboxylic acid groups (broad SMARTS) is 1. The van der Waals surface area contributed by atoms with Gasteiger partial charge in [0.05, 0.1) is 11.0 Å². The first kappa shape index (κ1) is 37.5. The van der Waals surface area contributed by atoms with E-state index in [0.717, 1.165) is 16.0 Å². The molecule has 0 unspecified atom stereocenters. The summed E-state index contributed by atoms with van der Waals surface area (Å²) in [7, 11) is -8.02. The number of carbonyl (C=O) groups excluding carboxylic acids is 3. The number of carbonyl (C=O) groups is 4. The van der Waals surface area contributed by atoms with Crippen molar-refractivity contribution in [3.05, 3.63) is 72.3 Å². The number of hydrogen-bond donors (Lipinski definition) is 4. The first-order valence-electron chi connectivity index (χ1n) is 18.0. The van der Waals surface area contributed by atoms with Crippen molar-refractivity contribution in [1.82, 2.24) is 20.3 Å². The SMILES string of the molecule is CCCS(=O)(=O)[C@@]1(c2ccc(-c3ccccc3)cc2)C[C@H]2C(=O)N[C@]3(C(=O)NS(=O)(=O)C4CC4)C[C@H]3C=CCCCCC[C@H](NC(=O)O)C(=O)N2C1. The molecule has 6 rings (SSSR count). The monoisotopic (exact) mass is 754 g/mol. The Morgan fingerprint density at radius 3 is 2.27 bits per heavy atom. The van der Waals surface area contributed by atoms with Gasteiger partial charge in [-0.05, 0) is 61.6 Å². The summed E-state index contributed by atoms with van der Waals surface area (Å²) in [6.07, 6.45) is 5.75. The Morgan fingerprint density at radius 1 is 0.923 bits per heavy atom. The van der Waals surface area contributed by atoms with E-state index in [4.69, 9.17) is 0 Å². The molecule has 0 aromatic heterocycles. The van der Waals surface area contributed by atoms with Gasteiger partial charge in [-0.3, -0.25) is 19.1 Å². The maximum atomic E-state index is 14.5. The van der Waals surface area contributed by atoms with Gasteiger partial charge in [0, 0.05) is 18.9 Å². The molecule has 0 spiro atoms. The second kappa shape index (κ2) is 14.6. The number of allylic oxidation sites excluding steroid dienone is 1. The topological polar surface area (TPSA) is 196 Å². The number of benzene rings is 2. The van der Waals surface area contributed by atoms with Crippen LogP contribution in [0, 0.1) is 5.92 Å². The van der Waals surface area contributed by atoms with Gasteiger partial charge in [0.25, 0.3) is 5.91 Å². The minimum absolute atomic E-state index is 0.116. The molecule has 2 aromatic carbocycles. The summed E-state index contributed by atoms with van der Waals surface area (Å²) in [5.41, 5.74) is 0.493. The Labute approximate surface area is 304 Å². The Morgan fingerprint density at radius 2 is 1.62 bits per heavy atom. The van der Waals surface area contributed by atoms with Crippen molar-refractivity contribution in [2.45, 2.75) is 98.8 Å². The van der Waals surface area contributed by atoms with Crippen LogP contribution in [0.2, 0.25) is 0 Å². The summed E-state index contributed by atoms with van der Waals surface area (Å²) in [5, 5.41) is 14.1. The molecule has 5 atom stereocenters. The van der Waals surface area contributed by atoms with Crippen molar-refractivity contribution in [3.63, 3.8) is 0 Å². The van der Waals surface area contributed by atoms with Crippen LogP contribution in [0.3, 0.4) is 0 Å². The summed E-state index contributed by atoms with van der Waals surface area (Å²) in [6.45, 7) is 1.30. The van der Waals surface area contributed by atoms with E-state index in [2.05, 4.69) is 15.4 Å². The van der Waals surface area contributed by atoms with Crippen LogP contribution in [0.15, 0.2) is 66.7 Å². The predicted octanol–water partition coefficient (Wildman–Crippen LogP) is 3.61. The molecule has 2 aromatic rings. The summed E-state index contributed by atoms with van der Waals surface area (Å²) >= 11 is 0. The van der Waals surface area contributed by atoms with E-state index in [1.54, 1.807) is 37.3 Å². The lowest BCUT2D eigenvalue weighted by molar-refractivity contribution is -0.141. The molecule has 4 aliphatic rings. The van der Waals surface area contributed by atoms with Crippen LogP contribution < -0.4 is 15.4 Å². The highest BCUT2D eigenvalue weighted by atomic mass is 32.2. The summed E-state index contributed by atoms with van der Waals surface area (Å²) in [5.74, 6) is -3.20. The fourth-order valence-electron chi connectivity index (χ4n) is 7.63. The van der Waals surface area contributed by atoms with Crippen LogP contribution in [0.5, 0.6) is 0 Å². The minimum Gasteiger partial charge on any atom is -0.465 e. The van der Waals surface area contributed by atoms with Crippen molar-refractivity contribution in [1.29, 1.82) is 0 Å². The second-order valence-corrected chi connectivity index (χ2v) is 18.8. The number of nitrogens with one attached hydrogen (secondary N) is 3. The van der Waals surface area contributed by atoms with E-state index in [1.165, 1.54) is 0 Å². The molecule has 2 saturated carbocycles. The number of nitrogens with zero attached hydrogens (tertiary/aromatic N) is 1. The highest BCUT2D eigenvalue weighted by Crippen LogP contribution is 2.48. The van der Waals surface area contributed by atoms with Gasteiger partial charge in [-0.15, -0.1) is 0 Å². The van der Waals surface area contributed by atoms with Crippen molar-refractivity contribution in [3.8, 4) is 11.1 Å². The van der Waals surface area contributed by atoms with Crippen LogP contribution >= 0.6 is 0 Å². The van der Waals surface area contributed by atoms with Gasteiger partial charge >= 0.3 is 6.09 Å². The molecule has 13 nitrogen and oxygen atoms in total. The van der Waals surface area contributed by atoms with E-state index >= 15 is 0 Å². The molecule has 280 valence electrons. The van der Waals surface area contributed by atoms with Crippen LogP contribution in [0.25, 0.3) is 11.1 Å². The third-order valence-corrected chi connectivity index (χ3v) is 15.3. The fraction of sp³-hybridized carbons (Fsp3) is 0.514. The van der Waals surface area contributed by atoms with Gasteiger partial charge in [-0.2, -0.15) is 0 Å². The zero-order valence-corrected chi connectivity index (χ0v) is 30.8. The number of hydrogen-bond acceptors (Lipinski definition) is 8. The Hall–Kier alpha value is -4.24. The van der Waals surface area contributed by atoms with E-state index in [-0.39, 0.29) is 31.4 Å². The first-order chi connectivity index (χ1) is 24.7. The lowest BCUT2D eigenvalue weighted by Gasteiger charge is -2.31. The number of sulfone groups is 1. The fourth-order valence-corrected chi connectivity index (χ4v) is 11.2. The highest BCUT2D eigenvalue weighted by molar-refractivity contribution is 7.92. The number of sulfonamides is 1. The first-order valence-corrected chi connectivity index (χ1v) is 21.2. The van der Waals surface area contributed by atoms with E-state index < -0.39 is 83.8 Å². The van der Waals surface area contributed by atoms with Crippen LogP contribution in [-0.2, 0) is 39.0 Å². The van der Waals surface area contributed by atoms with E-state index in [9.17, 15) is 41.1 Å². The molecular weight excluding hydrogens is 709 g/mol. The van der Waals surface area contributed by atoms with Crippen LogP contribution in [0.1, 0.15) is 76.7 Å². The molecule has 2 aliphatic heterocycles. The van der Waals surface area contributed by atoms with Crippen molar-refractivity contribution >= 4 is 43.7 Å². The highest BCUT2D eigenvalue weighted by Gasteiger charge is 2.63. The standard InChI is InChI=1S/C37H46N4O9S2/c1-2-21-51(47,48)36(27-17-15-26(16-18-27)25-11-7-6-8-12-25)23-31-32(42)39-37(34(44)40-52(49,50)29-19-20-29)22-28(37)13-9-4-3-5-10-14-30(38-35(45)46)33(43)41(31)24-36/h6-9,11-13,15-18,28-31,38H,2-5,10,14,19-24H2,1H3,(H,39,42)(H,40,44)(H,45,46)/t28-,30+,31+,36+,37-/m1/s1. The molecule has 4 N–H and O–H groups in total. The number of rotatable bonds is 9. The quantitative estimate of drug-likeness (QED) is 0.277. The maximum absolute atomic E-state index is 14.5. The largest absolute Gasteiger partial charge is 0.465 e. The van der Waals surface area contributed by atoms with Gasteiger partial charge in [0.1, 0.15) is 22.4 Å². The van der Waals surface area contributed by atoms with E-state index in [1.807, 2.05) is 36.4 Å². The average Bonchev–Trinajstić information content (AvgIpc) is 4.03. The summed E-state index contributed by atoms with van der Waals surface area (Å²) in [4.78, 5) is 55.7. The maximum Gasteiger partial charge on any atom is 0.405 e. The van der Waals surface area contributed by atoms with Crippen molar-refractivity contribution < 1.29 is 41.1 Å². The lowest BCUT2D eigenvalue weighted by atomic mass is 9.93. The lowest BCUT2D eigenvalue weighted by Crippen LogP contribution is -2.58. The van der Waals surface area contributed by atoms with Gasteiger partial charge in [0.2, 0.25) is 21.8 Å². The van der Waals surface area contributed by atoms with Crippen LogP contribution in [-0.4, -0.2) is 85.8 Å². The zero-order valence-electron chi connectivity index (χ0n) is 29.1. The molecule has 1 saturated heterocycles. The normalized spacial score (nSPS) is 28.4. The van der Waals surface area contributed by atoms with Gasteiger partial charge in [0.15, 0.2) is 9.84 Å². The Bertz CT molecular complexity index is 1950. The Kier molecular flexibility index (Phi) is 10.6. The van der Waals surface area contributed by atoms with Gasteiger partial charge in [-0.1, -0.05) is 86.5 Å². The molecule has 15 heteroatoms. The van der Waals surface area contributed by atoms with Crippen LogP contribution in [0.4, 0.5) is 4.79 Å². The molecule has 2 aliphatic carbocycles. The molecule has 4 amide bonds. The molecular formula is C37H46N4O9S2. The molecule has 0 radical (unpaired) electrons. The third-order valence-electron chi connectivity index (χ3n) is 10.8. The molecule has 52 heavy (non-hydrogen) atoms. The molecule has 0 bridgehead atoms. The predicted molar refractivity (Wildman–Crippen MR) is 194 cm³/mol. The third kappa shape index (κ3) is 7.47.